The normalized spacial score (nSPS) is 12.3. The minimum absolute atomic E-state index is 0.0658. The lowest BCUT2D eigenvalue weighted by atomic mass is 9.82. The van der Waals surface area contributed by atoms with Crippen LogP contribution < -0.4 is 0 Å². The maximum atomic E-state index is 14.0. The number of rotatable bonds is 8. The molecule has 3 aromatic heterocycles. The largest absolute Gasteiger partial charge is 0.416 e. The van der Waals surface area contributed by atoms with Gasteiger partial charge in [0.25, 0.3) is 0 Å². The monoisotopic (exact) mass is 483 g/mol. The molecule has 0 bridgehead atoms. The molecule has 4 nitrogen and oxygen atoms in total. The van der Waals surface area contributed by atoms with Crippen LogP contribution in [-0.4, -0.2) is 20.4 Å². The topological polar surface area (TPSA) is 47.3 Å². The number of ketones is 1. The quantitative estimate of drug-likeness (QED) is 0.259. The van der Waals surface area contributed by atoms with Crippen LogP contribution >= 0.6 is 0 Å². The standard InChI is InChI=1S/C27H25F4N3O/c1-26(2,24-11-3-4-13-32-24)17-21(35)9-6-10-22-25(18-7-5-8-20(28)15-18)23-16-19(27(29,30)31)12-14-34(23)33-22/h3-5,7-8,11-16H,6,9-10,17H2,1-2H3. The first-order chi connectivity index (χ1) is 16.5. The smallest absolute Gasteiger partial charge is 0.300 e. The number of nitrogens with zero attached hydrogens (tertiary/aromatic N) is 3. The summed E-state index contributed by atoms with van der Waals surface area (Å²) in [6.45, 7) is 3.94. The van der Waals surface area contributed by atoms with Crippen LogP contribution in [0.3, 0.4) is 0 Å². The summed E-state index contributed by atoms with van der Waals surface area (Å²) < 4.78 is 55.3. The molecule has 0 atom stereocenters. The number of Topliss-reactive ketones (excluding diaryl/α,β-unsaturated/α-hetero) is 1. The van der Waals surface area contributed by atoms with E-state index in [1.54, 1.807) is 12.3 Å². The van der Waals surface area contributed by atoms with E-state index in [-0.39, 0.29) is 11.3 Å². The van der Waals surface area contributed by atoms with Crippen molar-refractivity contribution in [2.24, 2.45) is 0 Å². The summed E-state index contributed by atoms with van der Waals surface area (Å²) in [5.41, 5.74) is 1.26. The average molecular weight is 484 g/mol. The van der Waals surface area contributed by atoms with Crippen molar-refractivity contribution in [1.82, 2.24) is 14.6 Å². The number of pyridine rings is 2. The van der Waals surface area contributed by atoms with Gasteiger partial charge in [-0.1, -0.05) is 32.0 Å². The van der Waals surface area contributed by atoms with Crippen LogP contribution in [0.25, 0.3) is 16.6 Å². The first kappa shape index (κ1) is 24.6. The van der Waals surface area contributed by atoms with Gasteiger partial charge >= 0.3 is 6.18 Å². The zero-order valence-electron chi connectivity index (χ0n) is 19.4. The molecule has 0 unspecified atom stereocenters. The minimum atomic E-state index is -4.52. The molecule has 0 aliphatic carbocycles. The van der Waals surface area contributed by atoms with Gasteiger partial charge in [0, 0.05) is 41.9 Å². The lowest BCUT2D eigenvalue weighted by Crippen LogP contribution is -2.23. The van der Waals surface area contributed by atoms with Gasteiger partial charge in [-0.3, -0.25) is 9.78 Å². The Hall–Kier alpha value is -3.55. The highest BCUT2D eigenvalue weighted by Gasteiger charge is 2.31. The molecule has 0 N–H and O–H groups in total. The van der Waals surface area contributed by atoms with Crippen molar-refractivity contribution in [3.8, 4) is 11.1 Å². The lowest BCUT2D eigenvalue weighted by molar-refractivity contribution is -0.137. The molecule has 0 fully saturated rings. The molecule has 0 amide bonds. The Morgan fingerprint density at radius 3 is 2.51 bits per heavy atom. The lowest BCUT2D eigenvalue weighted by Gasteiger charge is -2.23. The molecule has 0 saturated carbocycles. The zero-order valence-corrected chi connectivity index (χ0v) is 19.4. The molecular formula is C27H25F4N3O. The van der Waals surface area contributed by atoms with E-state index in [4.69, 9.17) is 0 Å². The molecule has 4 aromatic rings. The van der Waals surface area contributed by atoms with E-state index in [1.165, 1.54) is 28.9 Å². The van der Waals surface area contributed by atoms with Crippen molar-refractivity contribution in [1.29, 1.82) is 0 Å². The molecule has 182 valence electrons. The first-order valence-electron chi connectivity index (χ1n) is 11.3. The van der Waals surface area contributed by atoms with Crippen LogP contribution in [0.2, 0.25) is 0 Å². The fourth-order valence-corrected chi connectivity index (χ4v) is 4.29. The maximum Gasteiger partial charge on any atom is 0.416 e. The molecule has 3 heterocycles. The van der Waals surface area contributed by atoms with Gasteiger partial charge in [-0.05, 0) is 54.8 Å². The first-order valence-corrected chi connectivity index (χ1v) is 11.3. The Morgan fingerprint density at radius 1 is 1.03 bits per heavy atom. The van der Waals surface area contributed by atoms with Crippen LogP contribution in [-0.2, 0) is 22.8 Å². The molecule has 0 spiro atoms. The van der Waals surface area contributed by atoms with Gasteiger partial charge in [-0.25, -0.2) is 8.91 Å². The van der Waals surface area contributed by atoms with Gasteiger partial charge in [0.1, 0.15) is 11.6 Å². The van der Waals surface area contributed by atoms with Crippen molar-refractivity contribution >= 4 is 11.3 Å². The fraction of sp³-hybridized carbons (Fsp3) is 0.296. The van der Waals surface area contributed by atoms with E-state index in [9.17, 15) is 22.4 Å². The fourth-order valence-electron chi connectivity index (χ4n) is 4.29. The van der Waals surface area contributed by atoms with E-state index < -0.39 is 23.0 Å². The van der Waals surface area contributed by atoms with Gasteiger partial charge in [0.05, 0.1) is 16.8 Å². The number of aromatic nitrogens is 3. The van der Waals surface area contributed by atoms with Crippen molar-refractivity contribution in [2.45, 2.75) is 51.1 Å². The van der Waals surface area contributed by atoms with Crippen molar-refractivity contribution in [2.75, 3.05) is 0 Å². The third-order valence-corrected chi connectivity index (χ3v) is 6.01. The molecule has 1 aromatic carbocycles. The summed E-state index contributed by atoms with van der Waals surface area (Å²) in [4.78, 5) is 17.1. The number of carbonyl (C=O) groups excluding carboxylic acids is 1. The maximum absolute atomic E-state index is 14.0. The predicted molar refractivity (Wildman–Crippen MR) is 125 cm³/mol. The van der Waals surface area contributed by atoms with Crippen molar-refractivity contribution in [3.63, 3.8) is 0 Å². The average Bonchev–Trinajstić information content (AvgIpc) is 3.16. The molecule has 0 aliphatic rings. The molecule has 0 radical (unpaired) electrons. The highest BCUT2D eigenvalue weighted by atomic mass is 19.4. The van der Waals surface area contributed by atoms with E-state index in [0.29, 0.717) is 42.5 Å². The summed E-state index contributed by atoms with van der Waals surface area (Å²) in [5, 5.41) is 4.47. The number of hydrogen-bond donors (Lipinski definition) is 0. The molecule has 0 aliphatic heterocycles. The van der Waals surface area contributed by atoms with Gasteiger partial charge in [-0.2, -0.15) is 18.3 Å². The number of aryl methyl sites for hydroxylation is 1. The van der Waals surface area contributed by atoms with E-state index in [1.807, 2.05) is 32.0 Å². The summed E-state index contributed by atoms with van der Waals surface area (Å²) >= 11 is 0. The molecule has 35 heavy (non-hydrogen) atoms. The second-order valence-corrected chi connectivity index (χ2v) is 9.24. The number of hydrogen-bond acceptors (Lipinski definition) is 3. The summed E-state index contributed by atoms with van der Waals surface area (Å²) in [5.74, 6) is -0.428. The third kappa shape index (κ3) is 5.58. The van der Waals surface area contributed by atoms with E-state index in [2.05, 4.69) is 10.1 Å². The van der Waals surface area contributed by atoms with Crippen LogP contribution in [0.4, 0.5) is 17.6 Å². The van der Waals surface area contributed by atoms with Crippen LogP contribution in [0.15, 0.2) is 67.0 Å². The van der Waals surface area contributed by atoms with Crippen LogP contribution in [0.1, 0.15) is 50.1 Å². The highest BCUT2D eigenvalue weighted by Crippen LogP contribution is 2.35. The number of fused-ring (bicyclic) bond motifs is 1. The third-order valence-electron chi connectivity index (χ3n) is 6.01. The Bertz CT molecular complexity index is 1340. The van der Waals surface area contributed by atoms with E-state index >= 15 is 0 Å². The summed E-state index contributed by atoms with van der Waals surface area (Å²) in [6, 6.07) is 13.3. The Balaban J connectivity index is 1.57. The zero-order chi connectivity index (χ0) is 25.2. The summed E-state index contributed by atoms with van der Waals surface area (Å²) in [7, 11) is 0. The predicted octanol–water partition coefficient (Wildman–Crippen LogP) is 6.81. The molecule has 4 rings (SSSR count). The highest BCUT2D eigenvalue weighted by molar-refractivity contribution is 5.83. The second-order valence-electron chi connectivity index (χ2n) is 9.24. The van der Waals surface area contributed by atoms with Crippen LogP contribution in [0, 0.1) is 5.82 Å². The molecular weight excluding hydrogens is 458 g/mol. The Kier molecular flexibility index (Phi) is 6.74. The van der Waals surface area contributed by atoms with Gasteiger partial charge in [-0.15, -0.1) is 0 Å². The SMILES string of the molecule is CC(C)(CC(=O)CCCc1nn2ccc(C(F)(F)F)cc2c1-c1cccc(F)c1)c1ccccn1. The van der Waals surface area contributed by atoms with Gasteiger partial charge in [0.15, 0.2) is 0 Å². The number of benzene rings is 1. The van der Waals surface area contributed by atoms with Crippen molar-refractivity contribution < 1.29 is 22.4 Å². The second kappa shape index (κ2) is 9.60. The number of alkyl halides is 3. The molecule has 8 heteroatoms. The van der Waals surface area contributed by atoms with E-state index in [0.717, 1.165) is 17.8 Å². The van der Waals surface area contributed by atoms with Gasteiger partial charge in [0.2, 0.25) is 0 Å². The minimum Gasteiger partial charge on any atom is -0.300 e. The Labute approximate surface area is 200 Å². The van der Waals surface area contributed by atoms with Gasteiger partial charge < -0.3 is 0 Å². The number of halogens is 4. The number of carbonyl (C=O) groups is 1. The van der Waals surface area contributed by atoms with Crippen molar-refractivity contribution in [3.05, 3.63) is 89.8 Å². The molecule has 0 saturated heterocycles. The summed E-state index contributed by atoms with van der Waals surface area (Å²) in [6.07, 6.45) is -0.117. The van der Waals surface area contributed by atoms with Crippen LogP contribution in [0.5, 0.6) is 0 Å². The Morgan fingerprint density at radius 2 is 1.83 bits per heavy atom.